The summed E-state index contributed by atoms with van der Waals surface area (Å²) in [6.45, 7) is -1.73. The van der Waals surface area contributed by atoms with Gasteiger partial charge in [-0.2, -0.15) is 0 Å². The van der Waals surface area contributed by atoms with E-state index in [1.54, 1.807) is 18.2 Å². The number of nitrogens with one attached hydrogen (secondary N) is 1. The first kappa shape index (κ1) is 23.8. The highest BCUT2D eigenvalue weighted by atomic mass is 16.7. The van der Waals surface area contributed by atoms with Gasteiger partial charge in [-0.25, -0.2) is 4.98 Å². The van der Waals surface area contributed by atoms with Crippen LogP contribution in [-0.2, 0) is 9.47 Å². The molecule has 0 unspecified atom stereocenters. The van der Waals surface area contributed by atoms with E-state index >= 15 is 0 Å². The van der Waals surface area contributed by atoms with E-state index in [2.05, 4.69) is 10.3 Å². The number of nitrogens with zero attached hydrogens (tertiary/aromatic N) is 1. The molecule has 0 spiro atoms. The number of pyridine rings is 1. The van der Waals surface area contributed by atoms with Crippen LogP contribution in [0.25, 0.3) is 0 Å². The van der Waals surface area contributed by atoms with Crippen molar-refractivity contribution < 1.29 is 50.3 Å². The van der Waals surface area contributed by atoms with Gasteiger partial charge >= 0.3 is 0 Å². The summed E-state index contributed by atoms with van der Waals surface area (Å²) >= 11 is 0. The second-order valence-electron chi connectivity index (χ2n) is 6.70. The summed E-state index contributed by atoms with van der Waals surface area (Å²) in [6, 6.07) is 5.03. The van der Waals surface area contributed by atoms with Crippen LogP contribution in [0.1, 0.15) is 0 Å². The summed E-state index contributed by atoms with van der Waals surface area (Å²) in [5.74, 6) is 0.424. The van der Waals surface area contributed by atoms with Gasteiger partial charge in [0.15, 0.2) is 6.29 Å². The number of hydrogen-bond acceptors (Lipinski definition) is 12. The van der Waals surface area contributed by atoms with Gasteiger partial charge in [0.25, 0.3) is 0 Å². The van der Waals surface area contributed by atoms with Crippen LogP contribution in [0.4, 0.5) is 5.82 Å². The summed E-state index contributed by atoms with van der Waals surface area (Å²) in [7, 11) is 0. The zero-order chi connectivity index (χ0) is 21.6. The van der Waals surface area contributed by atoms with E-state index in [0.717, 1.165) is 0 Å². The molecule has 12 heteroatoms. The molecule has 1 aliphatic heterocycles. The molecule has 2 rings (SSSR count). The highest BCUT2D eigenvalue weighted by molar-refractivity contribution is 5.33. The predicted octanol–water partition coefficient (Wildman–Crippen LogP) is -4.25. The molecule has 0 radical (unpaired) electrons. The molecule has 9 N–H and O–H groups in total. The fourth-order valence-corrected chi connectivity index (χ4v) is 2.85. The minimum absolute atomic E-state index is 0.190. The molecule has 0 saturated carbocycles. The summed E-state index contributed by atoms with van der Waals surface area (Å²) in [5, 5.41) is 81.6. The maximum Gasteiger partial charge on any atom is 0.187 e. The van der Waals surface area contributed by atoms with Gasteiger partial charge in [0.2, 0.25) is 0 Å². The molecule has 1 fully saturated rings. The van der Waals surface area contributed by atoms with E-state index in [9.17, 15) is 40.9 Å². The average Bonchev–Trinajstić information content (AvgIpc) is 2.75. The molecule has 1 aromatic rings. The zero-order valence-electron chi connectivity index (χ0n) is 15.5. The van der Waals surface area contributed by atoms with Gasteiger partial charge in [0, 0.05) is 12.7 Å². The number of ether oxygens (including phenoxy) is 2. The molecule has 12 nitrogen and oxygen atoms in total. The Labute approximate surface area is 166 Å². The van der Waals surface area contributed by atoms with Crippen LogP contribution in [-0.4, -0.2) is 121 Å². The standard InChI is InChI=1S/C17H28N2O10/c20-6-9(23)16(12(24)8(22)5-19-11-3-1-2-4-18-11)29-17-15(27)14(26)13(25)10(7-21)28-17/h1-4,8-10,12-17,20-27H,5-7H2,(H,18,19)/t8-,9+,10+,12+,13-,14-,15+,16+,17-/m0/s1. The van der Waals surface area contributed by atoms with Gasteiger partial charge in [0.1, 0.15) is 48.5 Å². The quantitative estimate of drug-likeness (QED) is 0.176. The number of aliphatic hydroxyl groups is 8. The van der Waals surface area contributed by atoms with Crippen molar-refractivity contribution in [1.82, 2.24) is 4.98 Å². The Kier molecular flexibility index (Phi) is 9.10. The van der Waals surface area contributed by atoms with Crippen LogP contribution in [0.2, 0.25) is 0 Å². The van der Waals surface area contributed by atoms with Crippen molar-refractivity contribution in [2.75, 3.05) is 25.1 Å². The van der Waals surface area contributed by atoms with E-state index in [1.807, 2.05) is 0 Å². The maximum absolute atomic E-state index is 10.4. The lowest BCUT2D eigenvalue weighted by Gasteiger charge is -2.42. The molecular weight excluding hydrogens is 392 g/mol. The molecule has 0 aromatic carbocycles. The molecule has 2 heterocycles. The van der Waals surface area contributed by atoms with E-state index < -0.39 is 68.3 Å². The number of rotatable bonds is 10. The Morgan fingerprint density at radius 1 is 1.03 bits per heavy atom. The van der Waals surface area contributed by atoms with E-state index in [4.69, 9.17) is 9.47 Å². The summed E-state index contributed by atoms with van der Waals surface area (Å²) in [5.41, 5.74) is 0. The SMILES string of the molecule is OC[C@@H](O)[C@@H](O[C@@H]1O[C@H](CO)[C@H](O)[C@H](O)[C@H]1O)[C@H](O)[C@@H](O)CNc1ccccn1. The van der Waals surface area contributed by atoms with Crippen molar-refractivity contribution in [2.24, 2.45) is 0 Å². The largest absolute Gasteiger partial charge is 0.394 e. The minimum atomic E-state index is -1.78. The third-order valence-corrected chi connectivity index (χ3v) is 4.59. The Balaban J connectivity index is 2.05. The van der Waals surface area contributed by atoms with Crippen LogP contribution >= 0.6 is 0 Å². The lowest BCUT2D eigenvalue weighted by molar-refractivity contribution is -0.326. The molecule has 1 aromatic heterocycles. The normalized spacial score (nSPS) is 31.7. The van der Waals surface area contributed by atoms with Crippen molar-refractivity contribution in [2.45, 2.75) is 55.1 Å². The summed E-state index contributed by atoms with van der Waals surface area (Å²) in [4.78, 5) is 3.99. The lowest BCUT2D eigenvalue weighted by Crippen LogP contribution is -2.61. The summed E-state index contributed by atoms with van der Waals surface area (Å²) in [6.07, 6.45) is -13.1. The molecular formula is C17H28N2O10. The number of aromatic nitrogens is 1. The van der Waals surface area contributed by atoms with Gasteiger partial charge in [-0.1, -0.05) is 6.07 Å². The van der Waals surface area contributed by atoms with Crippen molar-refractivity contribution in [3.63, 3.8) is 0 Å². The van der Waals surface area contributed by atoms with E-state index in [1.165, 1.54) is 6.20 Å². The first-order valence-corrected chi connectivity index (χ1v) is 9.06. The van der Waals surface area contributed by atoms with Crippen LogP contribution in [0.5, 0.6) is 0 Å². The second-order valence-corrected chi connectivity index (χ2v) is 6.70. The minimum Gasteiger partial charge on any atom is -0.394 e. The van der Waals surface area contributed by atoms with Crippen molar-refractivity contribution >= 4 is 5.82 Å². The number of hydrogen-bond donors (Lipinski definition) is 9. The summed E-state index contributed by atoms with van der Waals surface area (Å²) < 4.78 is 10.5. The highest BCUT2D eigenvalue weighted by Crippen LogP contribution is 2.25. The molecule has 1 saturated heterocycles. The Hall–Kier alpha value is -1.45. The first-order valence-electron chi connectivity index (χ1n) is 9.06. The molecule has 1 aliphatic rings. The Morgan fingerprint density at radius 2 is 1.76 bits per heavy atom. The van der Waals surface area contributed by atoms with Crippen LogP contribution < -0.4 is 5.32 Å². The lowest BCUT2D eigenvalue weighted by atomic mass is 9.98. The van der Waals surface area contributed by atoms with Crippen LogP contribution in [0.15, 0.2) is 24.4 Å². The van der Waals surface area contributed by atoms with Crippen molar-refractivity contribution in [3.8, 4) is 0 Å². The second kappa shape index (κ2) is 11.1. The van der Waals surface area contributed by atoms with Crippen molar-refractivity contribution in [3.05, 3.63) is 24.4 Å². The van der Waals surface area contributed by atoms with Gasteiger partial charge in [0.05, 0.1) is 19.3 Å². The third-order valence-electron chi connectivity index (χ3n) is 4.59. The predicted molar refractivity (Wildman–Crippen MR) is 96.5 cm³/mol. The Morgan fingerprint density at radius 3 is 2.34 bits per heavy atom. The molecule has 166 valence electrons. The maximum atomic E-state index is 10.4. The Bertz CT molecular complexity index is 595. The van der Waals surface area contributed by atoms with Crippen LogP contribution in [0, 0.1) is 0 Å². The number of anilines is 1. The molecule has 0 bridgehead atoms. The van der Waals surface area contributed by atoms with Gasteiger partial charge in [-0.3, -0.25) is 0 Å². The topological polar surface area (TPSA) is 205 Å². The molecule has 29 heavy (non-hydrogen) atoms. The monoisotopic (exact) mass is 420 g/mol. The highest BCUT2D eigenvalue weighted by Gasteiger charge is 2.46. The smallest absolute Gasteiger partial charge is 0.187 e. The first-order chi connectivity index (χ1) is 13.8. The van der Waals surface area contributed by atoms with E-state index in [-0.39, 0.29) is 6.54 Å². The fraction of sp³-hybridized carbons (Fsp3) is 0.706. The average molecular weight is 420 g/mol. The zero-order valence-corrected chi connectivity index (χ0v) is 15.5. The van der Waals surface area contributed by atoms with Crippen molar-refractivity contribution in [1.29, 1.82) is 0 Å². The molecule has 0 amide bonds. The van der Waals surface area contributed by atoms with Gasteiger partial charge in [-0.15, -0.1) is 0 Å². The van der Waals surface area contributed by atoms with Gasteiger partial charge in [-0.05, 0) is 12.1 Å². The van der Waals surface area contributed by atoms with Gasteiger partial charge < -0.3 is 55.6 Å². The van der Waals surface area contributed by atoms with Crippen LogP contribution in [0.3, 0.4) is 0 Å². The molecule has 0 aliphatic carbocycles. The van der Waals surface area contributed by atoms with E-state index in [0.29, 0.717) is 5.82 Å². The number of aliphatic hydroxyl groups excluding tert-OH is 8. The molecule has 9 atom stereocenters. The fourth-order valence-electron chi connectivity index (χ4n) is 2.85. The third kappa shape index (κ3) is 6.02.